The van der Waals surface area contributed by atoms with E-state index in [9.17, 15) is 18.0 Å². The quantitative estimate of drug-likeness (QED) is 0.876. The van der Waals surface area contributed by atoms with Crippen LogP contribution in [0.2, 0.25) is 0 Å². The zero-order chi connectivity index (χ0) is 17.3. The Morgan fingerprint density at radius 2 is 1.96 bits per heavy atom. The molecule has 2 aromatic heterocycles. The van der Waals surface area contributed by atoms with Crippen LogP contribution in [0, 0.1) is 0 Å². The first-order valence-corrected chi connectivity index (χ1v) is 7.29. The summed E-state index contributed by atoms with van der Waals surface area (Å²) in [4.78, 5) is 20.0. The SMILES string of the molecule is O=C(O)N1CCC(c2nc(-c3cccc(C(F)(F)F)n3)n[nH]2)CC1. The van der Waals surface area contributed by atoms with Crippen LogP contribution in [-0.4, -0.2) is 49.4 Å². The van der Waals surface area contributed by atoms with Crippen molar-refractivity contribution in [2.75, 3.05) is 13.1 Å². The van der Waals surface area contributed by atoms with Gasteiger partial charge in [0.1, 0.15) is 17.2 Å². The van der Waals surface area contributed by atoms with Crippen LogP contribution in [-0.2, 0) is 6.18 Å². The summed E-state index contributed by atoms with van der Waals surface area (Å²) in [7, 11) is 0. The Morgan fingerprint density at radius 3 is 2.58 bits per heavy atom. The van der Waals surface area contributed by atoms with Crippen molar-refractivity contribution in [2.45, 2.75) is 24.9 Å². The Balaban J connectivity index is 1.76. The van der Waals surface area contributed by atoms with Crippen LogP contribution in [0.3, 0.4) is 0 Å². The molecule has 0 atom stereocenters. The summed E-state index contributed by atoms with van der Waals surface area (Å²) in [5.74, 6) is 0.624. The van der Waals surface area contributed by atoms with Gasteiger partial charge in [-0.1, -0.05) is 6.07 Å². The number of hydrogen-bond donors (Lipinski definition) is 2. The van der Waals surface area contributed by atoms with Crippen LogP contribution in [0.15, 0.2) is 18.2 Å². The number of piperidine rings is 1. The van der Waals surface area contributed by atoms with Crippen LogP contribution in [0.4, 0.5) is 18.0 Å². The number of nitrogens with one attached hydrogen (secondary N) is 1. The molecule has 3 rings (SSSR count). The lowest BCUT2D eigenvalue weighted by molar-refractivity contribution is -0.141. The molecule has 0 unspecified atom stereocenters. The van der Waals surface area contributed by atoms with E-state index in [4.69, 9.17) is 5.11 Å². The number of aromatic amines is 1. The standard InChI is InChI=1S/C14H14F3N5O2/c15-14(16,17)10-3-1-2-9(18-10)12-19-11(20-21-12)8-4-6-22(7-5-8)13(23)24/h1-3,8H,4-7H2,(H,23,24)(H,19,20,21). The summed E-state index contributed by atoms with van der Waals surface area (Å²) >= 11 is 0. The van der Waals surface area contributed by atoms with E-state index in [-0.39, 0.29) is 17.4 Å². The van der Waals surface area contributed by atoms with E-state index in [2.05, 4.69) is 20.2 Å². The van der Waals surface area contributed by atoms with Crippen molar-refractivity contribution < 1.29 is 23.1 Å². The molecule has 0 aromatic carbocycles. The monoisotopic (exact) mass is 341 g/mol. The van der Waals surface area contributed by atoms with E-state index in [1.165, 1.54) is 17.0 Å². The van der Waals surface area contributed by atoms with E-state index in [1.807, 2.05) is 0 Å². The molecule has 24 heavy (non-hydrogen) atoms. The number of H-pyrrole nitrogens is 1. The van der Waals surface area contributed by atoms with E-state index in [0.29, 0.717) is 31.8 Å². The van der Waals surface area contributed by atoms with Crippen LogP contribution in [0.1, 0.15) is 30.3 Å². The third kappa shape index (κ3) is 3.31. The van der Waals surface area contributed by atoms with Gasteiger partial charge in [0.25, 0.3) is 0 Å². The second kappa shape index (κ2) is 6.10. The van der Waals surface area contributed by atoms with Gasteiger partial charge < -0.3 is 10.0 Å². The van der Waals surface area contributed by atoms with Crippen LogP contribution >= 0.6 is 0 Å². The molecule has 1 fully saturated rings. The molecule has 128 valence electrons. The Labute approximate surface area is 134 Å². The number of carbonyl (C=O) groups is 1. The summed E-state index contributed by atoms with van der Waals surface area (Å²) in [6, 6.07) is 3.56. The number of hydrogen-bond acceptors (Lipinski definition) is 4. The topological polar surface area (TPSA) is 95.0 Å². The maximum absolute atomic E-state index is 12.7. The molecule has 0 radical (unpaired) electrons. The molecule has 1 aliphatic heterocycles. The summed E-state index contributed by atoms with van der Waals surface area (Å²) in [6.07, 6.45) is -4.33. The molecule has 0 saturated carbocycles. The smallest absolute Gasteiger partial charge is 0.433 e. The number of alkyl halides is 3. The third-order valence-corrected chi connectivity index (χ3v) is 3.92. The molecule has 0 bridgehead atoms. The molecule has 1 saturated heterocycles. The van der Waals surface area contributed by atoms with Crippen molar-refractivity contribution in [1.29, 1.82) is 0 Å². The van der Waals surface area contributed by atoms with Crippen molar-refractivity contribution in [1.82, 2.24) is 25.1 Å². The highest BCUT2D eigenvalue weighted by Gasteiger charge is 2.33. The molecule has 2 N–H and O–H groups in total. The molecule has 1 aliphatic rings. The highest BCUT2D eigenvalue weighted by Crippen LogP contribution is 2.30. The Hall–Kier alpha value is -2.65. The second-order valence-corrected chi connectivity index (χ2v) is 5.49. The maximum Gasteiger partial charge on any atom is 0.433 e. The molecule has 3 heterocycles. The highest BCUT2D eigenvalue weighted by atomic mass is 19.4. The van der Waals surface area contributed by atoms with Gasteiger partial charge in [-0.25, -0.2) is 14.8 Å². The van der Waals surface area contributed by atoms with Gasteiger partial charge in [-0.2, -0.15) is 18.3 Å². The third-order valence-electron chi connectivity index (χ3n) is 3.92. The first-order chi connectivity index (χ1) is 11.3. The van der Waals surface area contributed by atoms with E-state index in [1.54, 1.807) is 0 Å². The van der Waals surface area contributed by atoms with Gasteiger partial charge in [0.15, 0.2) is 5.82 Å². The van der Waals surface area contributed by atoms with Gasteiger partial charge >= 0.3 is 12.3 Å². The molecule has 7 nitrogen and oxygen atoms in total. The van der Waals surface area contributed by atoms with Crippen molar-refractivity contribution in [3.63, 3.8) is 0 Å². The number of halogens is 3. The molecule has 0 spiro atoms. The fourth-order valence-electron chi connectivity index (χ4n) is 2.63. The number of pyridine rings is 1. The molecule has 1 amide bonds. The first-order valence-electron chi connectivity index (χ1n) is 7.29. The van der Waals surface area contributed by atoms with Gasteiger partial charge in [0.2, 0.25) is 0 Å². The average molecular weight is 341 g/mol. The normalized spacial score (nSPS) is 16.4. The first kappa shape index (κ1) is 16.2. The minimum Gasteiger partial charge on any atom is -0.465 e. The molecular formula is C14H14F3N5O2. The largest absolute Gasteiger partial charge is 0.465 e. The van der Waals surface area contributed by atoms with Crippen molar-refractivity contribution >= 4 is 6.09 Å². The summed E-state index contributed by atoms with van der Waals surface area (Å²) in [5.41, 5.74) is -0.962. The molecule has 10 heteroatoms. The molecular weight excluding hydrogens is 327 g/mol. The van der Waals surface area contributed by atoms with Gasteiger partial charge in [-0.3, -0.25) is 5.10 Å². The maximum atomic E-state index is 12.7. The van der Waals surface area contributed by atoms with Crippen molar-refractivity contribution in [3.05, 3.63) is 29.7 Å². The summed E-state index contributed by atoms with van der Waals surface area (Å²) < 4.78 is 38.2. The zero-order valence-corrected chi connectivity index (χ0v) is 12.4. The Kier molecular flexibility index (Phi) is 4.12. The van der Waals surface area contributed by atoms with E-state index >= 15 is 0 Å². The predicted molar refractivity (Wildman–Crippen MR) is 76.2 cm³/mol. The zero-order valence-electron chi connectivity index (χ0n) is 12.4. The lowest BCUT2D eigenvalue weighted by atomic mass is 9.96. The van der Waals surface area contributed by atoms with Crippen molar-refractivity contribution in [3.8, 4) is 11.5 Å². The minimum absolute atomic E-state index is 0.00681. The Morgan fingerprint density at radius 1 is 1.25 bits per heavy atom. The number of rotatable bonds is 2. The number of amides is 1. The summed E-state index contributed by atoms with van der Waals surface area (Å²) in [6.45, 7) is 0.773. The summed E-state index contributed by atoms with van der Waals surface area (Å²) in [5, 5.41) is 15.6. The fraction of sp³-hybridized carbons (Fsp3) is 0.429. The molecule has 0 aliphatic carbocycles. The van der Waals surface area contributed by atoms with Gasteiger partial charge in [0.05, 0.1) is 0 Å². The number of aromatic nitrogens is 4. The van der Waals surface area contributed by atoms with E-state index in [0.717, 1.165) is 6.07 Å². The molecule has 2 aromatic rings. The lowest BCUT2D eigenvalue weighted by Gasteiger charge is -2.28. The lowest BCUT2D eigenvalue weighted by Crippen LogP contribution is -2.37. The van der Waals surface area contributed by atoms with Gasteiger partial charge in [-0.15, -0.1) is 0 Å². The van der Waals surface area contributed by atoms with Crippen LogP contribution < -0.4 is 0 Å². The van der Waals surface area contributed by atoms with E-state index < -0.39 is 18.0 Å². The minimum atomic E-state index is -4.53. The van der Waals surface area contributed by atoms with Gasteiger partial charge in [-0.05, 0) is 25.0 Å². The van der Waals surface area contributed by atoms with Crippen molar-refractivity contribution in [2.24, 2.45) is 0 Å². The van der Waals surface area contributed by atoms with Crippen LogP contribution in [0.5, 0.6) is 0 Å². The predicted octanol–water partition coefficient (Wildman–Crippen LogP) is 2.74. The average Bonchev–Trinajstić information content (AvgIpc) is 3.04. The van der Waals surface area contributed by atoms with Crippen LogP contribution in [0.25, 0.3) is 11.5 Å². The highest BCUT2D eigenvalue weighted by molar-refractivity contribution is 5.65. The second-order valence-electron chi connectivity index (χ2n) is 5.49. The number of nitrogens with zero attached hydrogens (tertiary/aromatic N) is 4. The Bertz CT molecular complexity index is 738. The number of likely N-dealkylation sites (tertiary alicyclic amines) is 1. The fourth-order valence-corrected chi connectivity index (χ4v) is 2.63. The number of carboxylic acid groups (broad SMARTS) is 1. The van der Waals surface area contributed by atoms with Gasteiger partial charge in [0, 0.05) is 19.0 Å².